The molecule has 0 aliphatic rings. The maximum absolute atomic E-state index is 10.2. The van der Waals surface area contributed by atoms with Gasteiger partial charge in [-0.05, 0) is 25.0 Å². The van der Waals surface area contributed by atoms with E-state index in [1.165, 1.54) is 0 Å². The maximum Gasteiger partial charge on any atom is 0.137 e. The molecule has 2 aromatic heterocycles. The first-order chi connectivity index (χ1) is 8.67. The fourth-order valence-corrected chi connectivity index (χ4v) is 2.00. The highest BCUT2D eigenvalue weighted by Crippen LogP contribution is 2.13. The van der Waals surface area contributed by atoms with E-state index in [4.69, 9.17) is 0 Å². The van der Waals surface area contributed by atoms with E-state index in [0.29, 0.717) is 13.1 Å². The summed E-state index contributed by atoms with van der Waals surface area (Å²) >= 11 is 0. The SMILES string of the molecule is CCC(O)(CC)CNCc1cn2ccccc2n1. The molecule has 0 spiro atoms. The van der Waals surface area contributed by atoms with Crippen LogP contribution in [0.5, 0.6) is 0 Å². The minimum absolute atomic E-state index is 0.598. The zero-order valence-corrected chi connectivity index (χ0v) is 11.1. The molecule has 0 bridgehead atoms. The lowest BCUT2D eigenvalue weighted by atomic mass is 9.98. The van der Waals surface area contributed by atoms with Gasteiger partial charge in [0.25, 0.3) is 0 Å². The smallest absolute Gasteiger partial charge is 0.137 e. The highest BCUT2D eigenvalue weighted by molar-refractivity contribution is 5.39. The Morgan fingerprint density at radius 2 is 2.11 bits per heavy atom. The highest BCUT2D eigenvalue weighted by Gasteiger charge is 2.21. The molecule has 0 aromatic carbocycles. The topological polar surface area (TPSA) is 49.6 Å². The number of nitrogens with one attached hydrogen (secondary N) is 1. The van der Waals surface area contributed by atoms with Crippen LogP contribution in [0.1, 0.15) is 32.4 Å². The fraction of sp³-hybridized carbons (Fsp3) is 0.500. The van der Waals surface area contributed by atoms with Gasteiger partial charge in [0.2, 0.25) is 0 Å². The van der Waals surface area contributed by atoms with Crippen molar-refractivity contribution in [1.29, 1.82) is 0 Å². The van der Waals surface area contributed by atoms with Crippen molar-refractivity contribution in [3.8, 4) is 0 Å². The number of hydrogen-bond donors (Lipinski definition) is 2. The molecule has 4 nitrogen and oxygen atoms in total. The third-order valence-electron chi connectivity index (χ3n) is 3.49. The first-order valence-corrected chi connectivity index (χ1v) is 6.52. The predicted molar refractivity (Wildman–Crippen MR) is 72.4 cm³/mol. The normalized spacial score (nSPS) is 12.2. The second-order valence-electron chi connectivity index (χ2n) is 4.73. The molecule has 18 heavy (non-hydrogen) atoms. The standard InChI is InChI=1S/C14H21N3O/c1-3-14(18,4-2)11-15-9-12-10-17-8-6-5-7-13(17)16-12/h5-8,10,15,18H,3-4,9,11H2,1-2H3. The lowest BCUT2D eigenvalue weighted by Gasteiger charge is -2.25. The molecule has 4 heteroatoms. The summed E-state index contributed by atoms with van der Waals surface area (Å²) < 4.78 is 2.00. The summed E-state index contributed by atoms with van der Waals surface area (Å²) in [5.74, 6) is 0. The Kier molecular flexibility index (Phi) is 3.99. The number of fused-ring (bicyclic) bond motifs is 1. The molecule has 0 unspecified atom stereocenters. The van der Waals surface area contributed by atoms with Crippen LogP contribution in [0.25, 0.3) is 5.65 Å². The number of aromatic nitrogens is 2. The van der Waals surface area contributed by atoms with Crippen molar-refractivity contribution in [3.05, 3.63) is 36.3 Å². The number of imidazole rings is 1. The Morgan fingerprint density at radius 1 is 1.33 bits per heavy atom. The van der Waals surface area contributed by atoms with E-state index >= 15 is 0 Å². The van der Waals surface area contributed by atoms with Gasteiger partial charge in [0.1, 0.15) is 5.65 Å². The molecule has 2 aromatic rings. The Labute approximate surface area is 108 Å². The van der Waals surface area contributed by atoms with Gasteiger partial charge in [0, 0.05) is 25.5 Å². The van der Waals surface area contributed by atoms with Crippen molar-refractivity contribution in [2.45, 2.75) is 38.8 Å². The van der Waals surface area contributed by atoms with E-state index in [0.717, 1.165) is 24.2 Å². The van der Waals surface area contributed by atoms with E-state index < -0.39 is 5.60 Å². The Hall–Kier alpha value is -1.39. The molecule has 0 fully saturated rings. The van der Waals surface area contributed by atoms with Crippen LogP contribution in [0, 0.1) is 0 Å². The van der Waals surface area contributed by atoms with E-state index in [1.807, 2.05) is 48.8 Å². The lowest BCUT2D eigenvalue weighted by Crippen LogP contribution is -2.39. The monoisotopic (exact) mass is 247 g/mol. The van der Waals surface area contributed by atoms with Crippen LogP contribution in [0.15, 0.2) is 30.6 Å². The quantitative estimate of drug-likeness (QED) is 0.820. The fourth-order valence-electron chi connectivity index (χ4n) is 2.00. The molecule has 2 N–H and O–H groups in total. The Morgan fingerprint density at radius 3 is 2.78 bits per heavy atom. The van der Waals surface area contributed by atoms with Crippen LogP contribution in [0.2, 0.25) is 0 Å². The zero-order valence-electron chi connectivity index (χ0n) is 11.1. The van der Waals surface area contributed by atoms with Crippen molar-refractivity contribution in [2.75, 3.05) is 6.54 Å². The molecule has 0 aliphatic carbocycles. The van der Waals surface area contributed by atoms with Gasteiger partial charge in [0.15, 0.2) is 0 Å². The molecule has 2 rings (SSSR count). The summed E-state index contributed by atoms with van der Waals surface area (Å²) in [6.45, 7) is 5.31. The lowest BCUT2D eigenvalue weighted by molar-refractivity contribution is 0.0322. The first kappa shape index (κ1) is 13.1. The second-order valence-corrected chi connectivity index (χ2v) is 4.73. The van der Waals surface area contributed by atoms with Gasteiger partial charge < -0.3 is 14.8 Å². The third-order valence-corrected chi connectivity index (χ3v) is 3.49. The van der Waals surface area contributed by atoms with Crippen LogP contribution in [-0.4, -0.2) is 26.6 Å². The van der Waals surface area contributed by atoms with Gasteiger partial charge in [-0.1, -0.05) is 19.9 Å². The predicted octanol–water partition coefficient (Wildman–Crippen LogP) is 1.98. The zero-order chi connectivity index (χ0) is 13.0. The van der Waals surface area contributed by atoms with Crippen LogP contribution in [0.3, 0.4) is 0 Å². The number of hydrogen-bond acceptors (Lipinski definition) is 3. The minimum atomic E-state index is -0.598. The second kappa shape index (κ2) is 5.50. The van der Waals surface area contributed by atoms with E-state index in [1.54, 1.807) is 0 Å². The van der Waals surface area contributed by atoms with Crippen molar-refractivity contribution in [1.82, 2.24) is 14.7 Å². The van der Waals surface area contributed by atoms with Crippen LogP contribution in [0.4, 0.5) is 0 Å². The summed E-state index contributed by atoms with van der Waals surface area (Å²) in [5, 5.41) is 13.4. The number of nitrogens with zero attached hydrogens (tertiary/aromatic N) is 2. The van der Waals surface area contributed by atoms with Gasteiger partial charge in [-0.3, -0.25) is 0 Å². The summed E-state index contributed by atoms with van der Waals surface area (Å²) in [6.07, 6.45) is 5.53. The van der Waals surface area contributed by atoms with E-state index in [-0.39, 0.29) is 0 Å². The van der Waals surface area contributed by atoms with Crippen molar-refractivity contribution in [2.24, 2.45) is 0 Å². The number of rotatable bonds is 6. The minimum Gasteiger partial charge on any atom is -0.389 e. The van der Waals surface area contributed by atoms with E-state index in [2.05, 4.69) is 10.3 Å². The molecule has 0 saturated carbocycles. The summed E-state index contributed by atoms with van der Waals surface area (Å²) in [4.78, 5) is 4.50. The number of pyridine rings is 1. The molecular weight excluding hydrogens is 226 g/mol. The molecule has 0 radical (unpaired) electrons. The van der Waals surface area contributed by atoms with Gasteiger partial charge in [-0.2, -0.15) is 0 Å². The molecule has 0 atom stereocenters. The summed E-state index contributed by atoms with van der Waals surface area (Å²) in [5.41, 5.74) is 1.35. The average molecular weight is 247 g/mol. The van der Waals surface area contributed by atoms with Crippen LogP contribution >= 0.6 is 0 Å². The van der Waals surface area contributed by atoms with Crippen LogP contribution < -0.4 is 5.32 Å². The average Bonchev–Trinajstić information content (AvgIpc) is 2.81. The van der Waals surface area contributed by atoms with Crippen LogP contribution in [-0.2, 0) is 6.54 Å². The van der Waals surface area contributed by atoms with Gasteiger partial charge in [-0.15, -0.1) is 0 Å². The molecule has 0 aliphatic heterocycles. The molecule has 0 saturated heterocycles. The maximum atomic E-state index is 10.2. The largest absolute Gasteiger partial charge is 0.389 e. The molecular formula is C14H21N3O. The van der Waals surface area contributed by atoms with Crippen molar-refractivity contribution in [3.63, 3.8) is 0 Å². The van der Waals surface area contributed by atoms with Gasteiger partial charge in [0.05, 0.1) is 11.3 Å². The van der Waals surface area contributed by atoms with Gasteiger partial charge >= 0.3 is 0 Å². The van der Waals surface area contributed by atoms with Crippen molar-refractivity contribution < 1.29 is 5.11 Å². The van der Waals surface area contributed by atoms with Crippen molar-refractivity contribution >= 4 is 5.65 Å². The third kappa shape index (κ3) is 2.89. The summed E-state index contributed by atoms with van der Waals surface area (Å²) in [7, 11) is 0. The Bertz CT molecular complexity index is 469. The first-order valence-electron chi connectivity index (χ1n) is 6.52. The molecule has 2 heterocycles. The Balaban J connectivity index is 1.94. The molecule has 0 amide bonds. The van der Waals surface area contributed by atoms with Gasteiger partial charge in [-0.25, -0.2) is 4.98 Å². The summed E-state index contributed by atoms with van der Waals surface area (Å²) in [6, 6.07) is 5.95. The molecule has 98 valence electrons. The van der Waals surface area contributed by atoms with E-state index in [9.17, 15) is 5.11 Å². The highest BCUT2D eigenvalue weighted by atomic mass is 16.3. The number of aliphatic hydroxyl groups is 1.